The molecule has 0 aliphatic heterocycles. The van der Waals surface area contributed by atoms with Gasteiger partial charge in [-0.1, -0.05) is 5.21 Å². The summed E-state index contributed by atoms with van der Waals surface area (Å²) in [6.45, 7) is 0.420. The van der Waals surface area contributed by atoms with E-state index in [2.05, 4.69) is 35.8 Å². The lowest BCUT2D eigenvalue weighted by atomic mass is 10.2. The summed E-state index contributed by atoms with van der Waals surface area (Å²) in [6.07, 6.45) is 1.44. The number of phenolic OH excluding ortho intramolecular Hbond substituents is 1. The number of hydrazone groups is 1. The van der Waals surface area contributed by atoms with E-state index >= 15 is 0 Å². The number of aromatic nitrogens is 5. The minimum absolute atomic E-state index is 0.0345. The third-order valence-corrected chi connectivity index (χ3v) is 3.47. The van der Waals surface area contributed by atoms with E-state index in [1.165, 1.54) is 23.0 Å². The Morgan fingerprint density at radius 2 is 2.11 bits per heavy atom. The molecule has 0 aliphatic rings. The van der Waals surface area contributed by atoms with Gasteiger partial charge in [0.1, 0.15) is 18.0 Å². The number of anilines is 1. The number of nitrogens with one attached hydrogen (secondary N) is 2. The van der Waals surface area contributed by atoms with E-state index in [4.69, 9.17) is 5.73 Å². The molecule has 3 aromatic rings. The Labute approximate surface area is 153 Å². The summed E-state index contributed by atoms with van der Waals surface area (Å²) in [5.74, 6) is -0.203. The number of nitrogens with two attached hydrogens (primary N) is 1. The van der Waals surface area contributed by atoms with E-state index in [1.807, 2.05) is 14.1 Å². The largest absolute Gasteiger partial charge is 0.508 e. The molecule has 27 heavy (non-hydrogen) atoms. The smallest absolute Gasteiger partial charge is 0.294 e. The number of aromatic hydroxyl groups is 1. The zero-order chi connectivity index (χ0) is 19.4. The van der Waals surface area contributed by atoms with E-state index < -0.39 is 5.91 Å². The van der Waals surface area contributed by atoms with Crippen LogP contribution in [0.4, 0.5) is 5.82 Å². The van der Waals surface area contributed by atoms with Crippen molar-refractivity contribution in [2.75, 3.05) is 19.8 Å². The molecule has 0 saturated carbocycles. The molecule has 0 bridgehead atoms. The van der Waals surface area contributed by atoms with Crippen molar-refractivity contribution >= 4 is 17.9 Å². The Kier molecular flexibility index (Phi) is 5.08. The first-order valence-corrected chi connectivity index (χ1v) is 7.90. The Balaban J connectivity index is 1.82. The zero-order valence-electron chi connectivity index (χ0n) is 14.6. The highest BCUT2D eigenvalue weighted by atomic mass is 16.6. The molecule has 0 unspecified atom stereocenters. The van der Waals surface area contributed by atoms with Crippen LogP contribution < -0.4 is 16.1 Å². The summed E-state index contributed by atoms with van der Waals surface area (Å²) in [4.78, 5) is 13.5. The van der Waals surface area contributed by atoms with E-state index in [9.17, 15) is 9.90 Å². The lowest BCUT2D eigenvalue weighted by molar-refractivity contribution is -0.873. The third kappa shape index (κ3) is 4.07. The summed E-state index contributed by atoms with van der Waals surface area (Å²) in [6, 6.07) is 6.34. The molecule has 140 valence electrons. The second-order valence-electron chi connectivity index (χ2n) is 5.94. The van der Waals surface area contributed by atoms with Gasteiger partial charge < -0.3 is 15.7 Å². The molecule has 0 radical (unpaired) electrons. The van der Waals surface area contributed by atoms with Gasteiger partial charge in [0.25, 0.3) is 5.91 Å². The molecule has 0 saturated heterocycles. The molecule has 12 nitrogen and oxygen atoms in total. The summed E-state index contributed by atoms with van der Waals surface area (Å²) >= 11 is 0. The number of quaternary nitrogens is 1. The molecule has 12 heteroatoms. The normalized spacial score (nSPS) is 11.4. The molecule has 1 amide bonds. The second-order valence-corrected chi connectivity index (χ2v) is 5.94. The van der Waals surface area contributed by atoms with Gasteiger partial charge in [-0.2, -0.15) is 9.78 Å². The third-order valence-electron chi connectivity index (χ3n) is 3.47. The first-order valence-electron chi connectivity index (χ1n) is 7.90. The van der Waals surface area contributed by atoms with Crippen molar-refractivity contribution in [3.8, 4) is 11.6 Å². The fourth-order valence-electron chi connectivity index (χ4n) is 2.26. The van der Waals surface area contributed by atoms with Crippen LogP contribution in [-0.4, -0.2) is 56.6 Å². The minimum Gasteiger partial charge on any atom is -0.508 e. The number of hydrogen-bond acceptors (Lipinski definition) is 9. The van der Waals surface area contributed by atoms with Gasteiger partial charge in [0.15, 0.2) is 5.69 Å². The number of phenols is 1. The molecule has 0 atom stereocenters. The number of nitrogens with zero attached hydrogens (tertiary/aromatic N) is 6. The number of nitrogen functional groups attached to an aromatic ring is 1. The molecule has 0 aliphatic carbocycles. The van der Waals surface area contributed by atoms with E-state index in [0.717, 1.165) is 4.90 Å². The molecular formula is C15H18N9O3+. The number of rotatable bonds is 6. The fraction of sp³-hybridized carbons (Fsp3) is 0.200. The topological polar surface area (TPSA) is 162 Å². The number of carbonyl (C=O) groups excluding carboxylic acids is 1. The zero-order valence-corrected chi connectivity index (χ0v) is 14.6. The van der Waals surface area contributed by atoms with Crippen molar-refractivity contribution in [1.82, 2.24) is 30.7 Å². The van der Waals surface area contributed by atoms with Gasteiger partial charge >= 0.3 is 0 Å². The molecule has 3 rings (SSSR count). The van der Waals surface area contributed by atoms with Gasteiger partial charge in [-0.25, -0.2) is 10.1 Å². The summed E-state index contributed by atoms with van der Waals surface area (Å²) in [5.41, 5.74) is 9.38. The highest BCUT2D eigenvalue weighted by Gasteiger charge is 2.25. The number of amides is 1. The standard InChI is InChI=1S/C15H17N9O3/c1-23(2)8-11-12(18-22-24(11)14-13(16)20-27-21-14)15(26)19-17-7-9-3-5-10(25)6-4-9/h3-7,25H,8H2,1-2H3,(H2,16,20)(H,19,26)/p+1/b17-7+. The maximum absolute atomic E-state index is 12.5. The van der Waals surface area contributed by atoms with Gasteiger partial charge in [0.05, 0.1) is 20.3 Å². The molecule has 2 aromatic heterocycles. The van der Waals surface area contributed by atoms with Crippen molar-refractivity contribution in [2.45, 2.75) is 6.54 Å². The Hall–Kier alpha value is -3.80. The predicted octanol–water partition coefficient (Wildman–Crippen LogP) is -1.65. The Morgan fingerprint density at radius 1 is 1.37 bits per heavy atom. The van der Waals surface area contributed by atoms with E-state index in [-0.39, 0.29) is 23.1 Å². The first kappa shape index (κ1) is 18.0. The Morgan fingerprint density at radius 3 is 2.74 bits per heavy atom. The van der Waals surface area contributed by atoms with Gasteiger partial charge in [0.2, 0.25) is 11.6 Å². The SMILES string of the molecule is C[NH+](C)Cc1c(C(=O)N/N=C/c2ccc(O)cc2)nnn1-c1nonc1N. The summed E-state index contributed by atoms with van der Waals surface area (Å²) in [5, 5.41) is 28.2. The number of carbonyl (C=O) groups is 1. The number of benzene rings is 1. The lowest BCUT2D eigenvalue weighted by Crippen LogP contribution is -3.04. The monoisotopic (exact) mass is 372 g/mol. The Bertz CT molecular complexity index is 959. The van der Waals surface area contributed by atoms with Crippen LogP contribution in [0.2, 0.25) is 0 Å². The average Bonchev–Trinajstić information content (AvgIpc) is 3.22. The minimum atomic E-state index is -0.539. The van der Waals surface area contributed by atoms with Crippen molar-refractivity contribution in [1.29, 1.82) is 0 Å². The van der Waals surface area contributed by atoms with Crippen molar-refractivity contribution in [3.05, 3.63) is 41.2 Å². The van der Waals surface area contributed by atoms with Gasteiger partial charge in [-0.15, -0.1) is 5.10 Å². The van der Waals surface area contributed by atoms with Crippen LogP contribution in [0.3, 0.4) is 0 Å². The van der Waals surface area contributed by atoms with E-state index in [1.54, 1.807) is 12.1 Å². The van der Waals surface area contributed by atoms with Crippen LogP contribution in [0.25, 0.3) is 5.82 Å². The van der Waals surface area contributed by atoms with Gasteiger partial charge in [0, 0.05) is 0 Å². The first-order chi connectivity index (χ1) is 13.0. The molecule has 5 N–H and O–H groups in total. The summed E-state index contributed by atoms with van der Waals surface area (Å²) in [7, 11) is 3.82. The van der Waals surface area contributed by atoms with Gasteiger partial charge in [-0.3, -0.25) is 4.79 Å². The van der Waals surface area contributed by atoms with Crippen molar-refractivity contribution < 1.29 is 19.4 Å². The fourth-order valence-corrected chi connectivity index (χ4v) is 2.26. The van der Waals surface area contributed by atoms with Crippen LogP contribution in [-0.2, 0) is 6.54 Å². The quantitative estimate of drug-likeness (QED) is 0.295. The van der Waals surface area contributed by atoms with Crippen LogP contribution in [0.1, 0.15) is 21.7 Å². The van der Waals surface area contributed by atoms with Crippen LogP contribution in [0.15, 0.2) is 34.0 Å². The average molecular weight is 372 g/mol. The lowest BCUT2D eigenvalue weighted by Gasteiger charge is -2.08. The molecule has 0 fully saturated rings. The highest BCUT2D eigenvalue weighted by molar-refractivity contribution is 5.94. The van der Waals surface area contributed by atoms with Crippen LogP contribution >= 0.6 is 0 Å². The molecule has 2 heterocycles. The highest BCUT2D eigenvalue weighted by Crippen LogP contribution is 2.15. The van der Waals surface area contributed by atoms with Crippen molar-refractivity contribution in [3.63, 3.8) is 0 Å². The van der Waals surface area contributed by atoms with Crippen LogP contribution in [0, 0.1) is 0 Å². The second kappa shape index (κ2) is 7.61. The molecule has 1 aromatic carbocycles. The molecule has 0 spiro atoms. The molecular weight excluding hydrogens is 354 g/mol. The number of hydrogen-bond donors (Lipinski definition) is 4. The maximum Gasteiger partial charge on any atom is 0.294 e. The van der Waals surface area contributed by atoms with Gasteiger partial charge in [-0.05, 0) is 40.1 Å². The maximum atomic E-state index is 12.5. The van der Waals surface area contributed by atoms with E-state index in [0.29, 0.717) is 17.8 Å². The predicted molar refractivity (Wildman–Crippen MR) is 93.3 cm³/mol. The summed E-state index contributed by atoms with van der Waals surface area (Å²) < 4.78 is 5.91. The van der Waals surface area contributed by atoms with Crippen molar-refractivity contribution in [2.24, 2.45) is 5.10 Å². The van der Waals surface area contributed by atoms with Crippen LogP contribution in [0.5, 0.6) is 5.75 Å².